The summed E-state index contributed by atoms with van der Waals surface area (Å²) in [6, 6.07) is 3.43. The molecule has 108 valence electrons. The smallest absolute Gasteiger partial charge is 0.129 e. The summed E-state index contributed by atoms with van der Waals surface area (Å²) < 4.78 is 14.0. The van der Waals surface area contributed by atoms with Crippen LogP contribution >= 0.6 is 0 Å². The largest absolute Gasteiger partial charge is 0.388 e. The number of hydrogen-bond donors (Lipinski definition) is 1. The molecule has 0 radical (unpaired) electrons. The predicted molar refractivity (Wildman–Crippen MR) is 78.7 cm³/mol. The van der Waals surface area contributed by atoms with Gasteiger partial charge in [-0.3, -0.25) is 0 Å². The maximum Gasteiger partial charge on any atom is 0.129 e. The third-order valence-corrected chi connectivity index (χ3v) is 3.40. The maximum absolute atomic E-state index is 14.0. The highest BCUT2D eigenvalue weighted by Crippen LogP contribution is 2.32. The zero-order valence-corrected chi connectivity index (χ0v) is 13.0. The Balaban J connectivity index is 2.81. The minimum atomic E-state index is -0.710. The second-order valence-corrected chi connectivity index (χ2v) is 7.10. The topological polar surface area (TPSA) is 20.2 Å². The average molecular weight is 266 g/mol. The molecule has 2 unspecified atom stereocenters. The van der Waals surface area contributed by atoms with Gasteiger partial charge in [-0.2, -0.15) is 0 Å². The van der Waals surface area contributed by atoms with E-state index < -0.39 is 6.10 Å². The summed E-state index contributed by atoms with van der Waals surface area (Å²) in [5.41, 5.74) is 2.44. The van der Waals surface area contributed by atoms with Crippen molar-refractivity contribution < 1.29 is 9.50 Å². The van der Waals surface area contributed by atoms with Gasteiger partial charge in [0.1, 0.15) is 5.82 Å². The van der Waals surface area contributed by atoms with Crippen LogP contribution in [0.15, 0.2) is 12.1 Å². The van der Waals surface area contributed by atoms with Gasteiger partial charge < -0.3 is 5.11 Å². The van der Waals surface area contributed by atoms with Crippen LogP contribution < -0.4 is 0 Å². The van der Waals surface area contributed by atoms with Crippen molar-refractivity contribution in [1.29, 1.82) is 0 Å². The number of hydrogen-bond acceptors (Lipinski definition) is 1. The van der Waals surface area contributed by atoms with E-state index in [1.165, 1.54) is 6.07 Å². The Morgan fingerprint density at radius 2 is 1.79 bits per heavy atom. The van der Waals surface area contributed by atoms with Gasteiger partial charge in [0, 0.05) is 5.56 Å². The van der Waals surface area contributed by atoms with E-state index >= 15 is 0 Å². The van der Waals surface area contributed by atoms with E-state index in [-0.39, 0.29) is 11.2 Å². The lowest BCUT2D eigenvalue weighted by Crippen LogP contribution is -2.14. The van der Waals surface area contributed by atoms with E-state index in [2.05, 4.69) is 27.7 Å². The number of halogens is 1. The molecule has 0 saturated heterocycles. The normalized spacial score (nSPS) is 15.4. The van der Waals surface area contributed by atoms with Crippen LogP contribution in [-0.4, -0.2) is 5.11 Å². The quantitative estimate of drug-likeness (QED) is 0.818. The Hall–Kier alpha value is -0.890. The zero-order chi connectivity index (χ0) is 14.8. The molecule has 1 rings (SSSR count). The molecule has 0 fully saturated rings. The molecular formula is C17H27FO. The Bertz CT molecular complexity index is 408. The lowest BCUT2D eigenvalue weighted by molar-refractivity contribution is 0.130. The summed E-state index contributed by atoms with van der Waals surface area (Å²) in [6.07, 6.45) is 0.923. The van der Waals surface area contributed by atoms with Crippen molar-refractivity contribution in [3.05, 3.63) is 34.6 Å². The second kappa shape index (κ2) is 6.04. The number of benzene rings is 1. The number of aryl methyl sites for hydroxylation is 2. The minimum absolute atomic E-state index is 0.236. The highest BCUT2D eigenvalue weighted by Gasteiger charge is 2.22. The van der Waals surface area contributed by atoms with Crippen molar-refractivity contribution in [2.45, 2.75) is 60.5 Å². The molecule has 0 aliphatic carbocycles. The van der Waals surface area contributed by atoms with Crippen LogP contribution in [0.4, 0.5) is 4.39 Å². The van der Waals surface area contributed by atoms with E-state index in [0.29, 0.717) is 17.9 Å². The van der Waals surface area contributed by atoms with Crippen LogP contribution in [0.2, 0.25) is 0 Å². The first-order valence-electron chi connectivity index (χ1n) is 7.05. The molecule has 19 heavy (non-hydrogen) atoms. The zero-order valence-electron chi connectivity index (χ0n) is 13.0. The number of aliphatic hydroxyl groups is 1. The fraction of sp³-hybridized carbons (Fsp3) is 0.647. The third kappa shape index (κ3) is 4.94. The molecule has 0 heterocycles. The number of aliphatic hydroxyl groups excluding tert-OH is 1. The van der Waals surface area contributed by atoms with Gasteiger partial charge in [0.25, 0.3) is 0 Å². The summed E-state index contributed by atoms with van der Waals surface area (Å²) in [6.45, 7) is 12.4. The van der Waals surface area contributed by atoms with Gasteiger partial charge in [0.15, 0.2) is 0 Å². The van der Waals surface area contributed by atoms with E-state index in [0.717, 1.165) is 17.5 Å². The fourth-order valence-corrected chi connectivity index (χ4v) is 2.98. The van der Waals surface area contributed by atoms with Gasteiger partial charge in [0.2, 0.25) is 0 Å². The van der Waals surface area contributed by atoms with Crippen molar-refractivity contribution in [3.8, 4) is 0 Å². The highest BCUT2D eigenvalue weighted by atomic mass is 19.1. The molecule has 0 spiro atoms. The first kappa shape index (κ1) is 16.2. The van der Waals surface area contributed by atoms with E-state index in [1.807, 2.05) is 19.9 Å². The fourth-order valence-electron chi connectivity index (χ4n) is 2.98. The Labute approximate surface area is 116 Å². The van der Waals surface area contributed by atoms with Gasteiger partial charge in [-0.05, 0) is 55.2 Å². The van der Waals surface area contributed by atoms with E-state index in [4.69, 9.17) is 0 Å². The van der Waals surface area contributed by atoms with Gasteiger partial charge >= 0.3 is 0 Å². The third-order valence-electron chi connectivity index (χ3n) is 3.40. The van der Waals surface area contributed by atoms with Crippen LogP contribution in [0.5, 0.6) is 0 Å². The molecule has 0 saturated carbocycles. The van der Waals surface area contributed by atoms with Gasteiger partial charge in [-0.15, -0.1) is 0 Å². The van der Waals surface area contributed by atoms with Crippen molar-refractivity contribution in [2.75, 3.05) is 0 Å². The molecular weight excluding hydrogens is 239 g/mol. The van der Waals surface area contributed by atoms with E-state index in [9.17, 15) is 9.50 Å². The molecule has 0 aliphatic heterocycles. The molecule has 0 aromatic heterocycles. The summed E-state index contributed by atoms with van der Waals surface area (Å²) >= 11 is 0. The lowest BCUT2D eigenvalue weighted by atomic mass is 9.82. The Kier molecular flexibility index (Phi) is 5.14. The van der Waals surface area contributed by atoms with Crippen molar-refractivity contribution in [2.24, 2.45) is 11.3 Å². The van der Waals surface area contributed by atoms with Gasteiger partial charge in [0.05, 0.1) is 6.10 Å². The first-order chi connectivity index (χ1) is 8.60. The molecule has 2 heteroatoms. The van der Waals surface area contributed by atoms with Gasteiger partial charge in [-0.25, -0.2) is 4.39 Å². The van der Waals surface area contributed by atoms with Gasteiger partial charge in [-0.1, -0.05) is 33.8 Å². The first-order valence-corrected chi connectivity index (χ1v) is 7.05. The minimum Gasteiger partial charge on any atom is -0.388 e. The monoisotopic (exact) mass is 266 g/mol. The van der Waals surface area contributed by atoms with Crippen LogP contribution in [-0.2, 0) is 0 Å². The Morgan fingerprint density at radius 3 is 2.26 bits per heavy atom. The molecule has 1 aromatic rings. The molecule has 0 bridgehead atoms. The van der Waals surface area contributed by atoms with Crippen LogP contribution in [0, 0.1) is 31.0 Å². The molecule has 0 aliphatic rings. The molecule has 0 amide bonds. The summed E-state index contributed by atoms with van der Waals surface area (Å²) in [7, 11) is 0. The van der Waals surface area contributed by atoms with Crippen LogP contribution in [0.25, 0.3) is 0 Å². The average Bonchev–Trinajstić information content (AvgIpc) is 2.10. The predicted octanol–water partition coefficient (Wildman–Crippen LogP) is 4.94. The van der Waals surface area contributed by atoms with Crippen molar-refractivity contribution in [1.82, 2.24) is 0 Å². The second-order valence-electron chi connectivity index (χ2n) is 7.10. The van der Waals surface area contributed by atoms with E-state index in [1.54, 1.807) is 0 Å². The summed E-state index contributed by atoms with van der Waals surface area (Å²) in [5, 5.41) is 10.3. The lowest BCUT2D eigenvalue weighted by Gasteiger charge is -2.25. The van der Waals surface area contributed by atoms with Crippen LogP contribution in [0.1, 0.15) is 63.3 Å². The standard InChI is InChI=1S/C17H27FO/c1-11-7-13(3)16(14(18)8-11)15(19)9-12(2)10-17(4,5)6/h7-8,12,15,19H,9-10H2,1-6H3. The van der Waals surface area contributed by atoms with Crippen molar-refractivity contribution in [3.63, 3.8) is 0 Å². The number of rotatable bonds is 4. The SMILES string of the molecule is Cc1cc(C)c(C(O)CC(C)CC(C)(C)C)c(F)c1. The van der Waals surface area contributed by atoms with Crippen LogP contribution in [0.3, 0.4) is 0 Å². The van der Waals surface area contributed by atoms with Crippen molar-refractivity contribution >= 4 is 0 Å². The maximum atomic E-state index is 14.0. The Morgan fingerprint density at radius 1 is 1.21 bits per heavy atom. The molecule has 1 N–H and O–H groups in total. The summed E-state index contributed by atoms with van der Waals surface area (Å²) in [5.74, 6) is 0.0862. The summed E-state index contributed by atoms with van der Waals surface area (Å²) in [4.78, 5) is 0. The molecule has 1 nitrogen and oxygen atoms in total. The molecule has 2 atom stereocenters. The highest BCUT2D eigenvalue weighted by molar-refractivity contribution is 5.33. The molecule has 1 aromatic carbocycles.